The first-order chi connectivity index (χ1) is 17.3. The standard InChI is InChI=1S/C28H27F2N3O3/c1-4-32(5-2)28(35)36-25-12-11-24-22(13-14-33(24)17-19-8-6-7-18(3)15-19)26(25)31-27(34)21-10-9-20(29)16-23(21)30/h6-16H,4-5,17H2,1-3H3,(H,31,34). The average molecular weight is 492 g/mol. The van der Waals surface area contributed by atoms with Gasteiger partial charge in [0.15, 0.2) is 5.75 Å². The number of aryl methyl sites for hydroxylation is 1. The maximum Gasteiger partial charge on any atom is 0.415 e. The lowest BCUT2D eigenvalue weighted by Crippen LogP contribution is -2.33. The Morgan fingerprint density at radius 2 is 1.78 bits per heavy atom. The Kier molecular flexibility index (Phi) is 7.33. The second-order valence-electron chi connectivity index (χ2n) is 8.42. The zero-order valence-corrected chi connectivity index (χ0v) is 20.3. The van der Waals surface area contributed by atoms with Gasteiger partial charge in [-0.15, -0.1) is 0 Å². The maximum atomic E-state index is 14.3. The lowest BCUT2D eigenvalue weighted by atomic mass is 10.1. The third-order valence-electron chi connectivity index (χ3n) is 5.98. The number of halogens is 2. The van der Waals surface area contributed by atoms with Crippen molar-refractivity contribution < 1.29 is 23.1 Å². The summed E-state index contributed by atoms with van der Waals surface area (Å²) in [6.07, 6.45) is 1.30. The van der Waals surface area contributed by atoms with Gasteiger partial charge in [0.2, 0.25) is 0 Å². The van der Waals surface area contributed by atoms with Gasteiger partial charge in [-0.3, -0.25) is 4.79 Å². The Bertz CT molecular complexity index is 1430. The van der Waals surface area contributed by atoms with Crippen molar-refractivity contribution in [3.8, 4) is 5.75 Å². The van der Waals surface area contributed by atoms with Crippen LogP contribution in [0.5, 0.6) is 5.75 Å². The molecule has 0 atom stereocenters. The van der Waals surface area contributed by atoms with E-state index in [9.17, 15) is 18.4 Å². The van der Waals surface area contributed by atoms with Gasteiger partial charge in [-0.1, -0.05) is 29.8 Å². The van der Waals surface area contributed by atoms with Crippen LogP contribution in [-0.4, -0.2) is 34.6 Å². The number of rotatable bonds is 7. The number of fused-ring (bicyclic) bond motifs is 1. The number of nitrogens with one attached hydrogen (secondary N) is 1. The van der Waals surface area contributed by atoms with E-state index in [-0.39, 0.29) is 17.0 Å². The summed E-state index contributed by atoms with van der Waals surface area (Å²) in [5, 5.41) is 3.30. The first-order valence-corrected chi connectivity index (χ1v) is 11.7. The SMILES string of the molecule is CCN(CC)C(=O)Oc1ccc2c(ccn2Cc2cccc(C)c2)c1NC(=O)c1ccc(F)cc1F. The van der Waals surface area contributed by atoms with Crippen molar-refractivity contribution in [3.05, 3.63) is 95.2 Å². The number of hydrogen-bond donors (Lipinski definition) is 1. The first-order valence-electron chi connectivity index (χ1n) is 11.7. The number of hydrogen-bond acceptors (Lipinski definition) is 3. The molecule has 6 nitrogen and oxygen atoms in total. The molecular weight excluding hydrogens is 464 g/mol. The lowest BCUT2D eigenvalue weighted by Gasteiger charge is -2.20. The Morgan fingerprint density at radius 3 is 2.47 bits per heavy atom. The molecule has 0 saturated heterocycles. The third-order valence-corrected chi connectivity index (χ3v) is 5.98. The molecule has 1 aromatic heterocycles. The summed E-state index contributed by atoms with van der Waals surface area (Å²) in [5.41, 5.74) is 2.93. The number of ether oxygens (including phenoxy) is 1. The minimum atomic E-state index is -0.988. The highest BCUT2D eigenvalue weighted by molar-refractivity contribution is 6.10. The van der Waals surface area contributed by atoms with Crippen LogP contribution in [0.1, 0.15) is 35.3 Å². The molecule has 4 aromatic rings. The van der Waals surface area contributed by atoms with Crippen LogP contribution in [-0.2, 0) is 6.54 Å². The maximum absolute atomic E-state index is 14.3. The van der Waals surface area contributed by atoms with Gasteiger partial charge in [0.05, 0.1) is 16.8 Å². The molecule has 0 aliphatic heterocycles. The lowest BCUT2D eigenvalue weighted by molar-refractivity contribution is 0.102. The summed E-state index contributed by atoms with van der Waals surface area (Å²) in [4.78, 5) is 27.1. The molecule has 186 valence electrons. The van der Waals surface area contributed by atoms with Crippen LogP contribution in [0.25, 0.3) is 10.9 Å². The van der Waals surface area contributed by atoms with E-state index in [0.717, 1.165) is 28.8 Å². The molecule has 1 N–H and O–H groups in total. The van der Waals surface area contributed by atoms with Crippen LogP contribution in [0, 0.1) is 18.6 Å². The zero-order valence-electron chi connectivity index (χ0n) is 20.3. The van der Waals surface area contributed by atoms with E-state index >= 15 is 0 Å². The molecule has 0 aliphatic carbocycles. The van der Waals surface area contributed by atoms with E-state index in [4.69, 9.17) is 4.74 Å². The van der Waals surface area contributed by atoms with Crippen LogP contribution in [0.15, 0.2) is 66.9 Å². The summed E-state index contributed by atoms with van der Waals surface area (Å²) >= 11 is 0. The molecule has 0 unspecified atom stereocenters. The summed E-state index contributed by atoms with van der Waals surface area (Å²) in [6, 6.07) is 16.1. The van der Waals surface area contributed by atoms with Crippen LogP contribution >= 0.6 is 0 Å². The third kappa shape index (κ3) is 5.22. The van der Waals surface area contributed by atoms with E-state index < -0.39 is 23.6 Å². The van der Waals surface area contributed by atoms with E-state index in [0.29, 0.717) is 31.1 Å². The van der Waals surface area contributed by atoms with Gasteiger partial charge in [-0.2, -0.15) is 0 Å². The smallest absolute Gasteiger partial charge is 0.408 e. The quantitative estimate of drug-likeness (QED) is 0.327. The molecule has 4 rings (SSSR count). The molecule has 2 amide bonds. The molecule has 0 bridgehead atoms. The highest BCUT2D eigenvalue weighted by atomic mass is 19.1. The number of anilines is 1. The summed E-state index contributed by atoms with van der Waals surface area (Å²) < 4.78 is 35.3. The molecule has 36 heavy (non-hydrogen) atoms. The average Bonchev–Trinajstić information content (AvgIpc) is 3.24. The second-order valence-corrected chi connectivity index (χ2v) is 8.42. The van der Waals surface area contributed by atoms with Crippen LogP contribution in [0.2, 0.25) is 0 Å². The monoisotopic (exact) mass is 491 g/mol. The molecule has 0 saturated carbocycles. The van der Waals surface area contributed by atoms with Gasteiger partial charge in [0, 0.05) is 37.3 Å². The Morgan fingerprint density at radius 1 is 1.00 bits per heavy atom. The molecule has 0 aliphatic rings. The van der Waals surface area contributed by atoms with Gasteiger partial charge in [0.25, 0.3) is 5.91 Å². The Balaban J connectivity index is 1.75. The Hall–Kier alpha value is -4.20. The van der Waals surface area contributed by atoms with E-state index in [1.54, 1.807) is 12.1 Å². The van der Waals surface area contributed by atoms with Gasteiger partial charge >= 0.3 is 6.09 Å². The molecule has 0 fully saturated rings. The number of amides is 2. The second kappa shape index (κ2) is 10.6. The van der Waals surface area contributed by atoms with Crippen LogP contribution < -0.4 is 10.1 Å². The largest absolute Gasteiger partial charge is 0.415 e. The molecular formula is C28H27F2N3O3. The van der Waals surface area contributed by atoms with E-state index in [1.165, 1.54) is 4.90 Å². The number of carbonyl (C=O) groups excluding carboxylic acids is 2. The fourth-order valence-corrected chi connectivity index (χ4v) is 4.11. The van der Waals surface area contributed by atoms with Crippen LogP contribution in [0.4, 0.5) is 19.3 Å². The van der Waals surface area contributed by atoms with Crippen molar-refractivity contribution in [2.24, 2.45) is 0 Å². The number of benzene rings is 3. The number of carbonyl (C=O) groups is 2. The summed E-state index contributed by atoms with van der Waals surface area (Å²) in [7, 11) is 0. The topological polar surface area (TPSA) is 63.6 Å². The minimum Gasteiger partial charge on any atom is -0.408 e. The van der Waals surface area contributed by atoms with Gasteiger partial charge in [-0.05, 0) is 56.7 Å². The highest BCUT2D eigenvalue weighted by Gasteiger charge is 2.21. The molecule has 8 heteroatoms. The minimum absolute atomic E-state index is 0.128. The fraction of sp³-hybridized carbons (Fsp3) is 0.214. The predicted octanol–water partition coefficient (Wildman–Crippen LogP) is 6.37. The van der Waals surface area contributed by atoms with Crippen molar-refractivity contribution in [2.45, 2.75) is 27.3 Å². The fourth-order valence-electron chi connectivity index (χ4n) is 4.11. The number of nitrogens with zero attached hydrogens (tertiary/aromatic N) is 2. The van der Waals surface area contributed by atoms with Crippen molar-refractivity contribution in [2.75, 3.05) is 18.4 Å². The van der Waals surface area contributed by atoms with Crippen molar-refractivity contribution in [1.29, 1.82) is 0 Å². The predicted molar refractivity (Wildman–Crippen MR) is 135 cm³/mol. The summed E-state index contributed by atoms with van der Waals surface area (Å²) in [6.45, 7) is 7.18. The summed E-state index contributed by atoms with van der Waals surface area (Å²) in [5.74, 6) is -2.43. The van der Waals surface area contributed by atoms with Crippen molar-refractivity contribution in [1.82, 2.24) is 9.47 Å². The zero-order chi connectivity index (χ0) is 25.8. The molecule has 1 heterocycles. The van der Waals surface area contributed by atoms with Gasteiger partial charge in [0.1, 0.15) is 11.6 Å². The highest BCUT2D eigenvalue weighted by Crippen LogP contribution is 2.35. The van der Waals surface area contributed by atoms with Crippen molar-refractivity contribution >= 4 is 28.6 Å². The van der Waals surface area contributed by atoms with E-state index in [1.807, 2.05) is 55.8 Å². The Labute approximate surface area is 208 Å². The number of aromatic nitrogens is 1. The molecule has 0 spiro atoms. The van der Waals surface area contributed by atoms with E-state index in [2.05, 4.69) is 11.4 Å². The first kappa shape index (κ1) is 24.9. The molecule has 0 radical (unpaired) electrons. The normalized spacial score (nSPS) is 10.9. The van der Waals surface area contributed by atoms with Crippen LogP contribution in [0.3, 0.4) is 0 Å². The van der Waals surface area contributed by atoms with Crippen molar-refractivity contribution in [3.63, 3.8) is 0 Å². The van der Waals surface area contributed by atoms with Gasteiger partial charge in [-0.25, -0.2) is 13.6 Å². The van der Waals surface area contributed by atoms with Gasteiger partial charge < -0.3 is 19.5 Å². The molecule has 3 aromatic carbocycles.